The van der Waals surface area contributed by atoms with E-state index in [9.17, 15) is 4.79 Å². The van der Waals surface area contributed by atoms with Gasteiger partial charge in [0.1, 0.15) is 10.6 Å². The maximum absolute atomic E-state index is 14.2. The summed E-state index contributed by atoms with van der Waals surface area (Å²) in [6.45, 7) is 0.421. The van der Waals surface area contributed by atoms with Crippen LogP contribution in [0.2, 0.25) is 5.02 Å². The highest BCUT2D eigenvalue weighted by atomic mass is 35.5. The minimum atomic E-state index is -0.0294. The second-order valence-electron chi connectivity index (χ2n) is 9.54. The number of ether oxygens (including phenoxy) is 1. The van der Waals surface area contributed by atoms with Crippen LogP contribution in [0.3, 0.4) is 0 Å². The lowest BCUT2D eigenvalue weighted by molar-refractivity contribution is 0.0604. The van der Waals surface area contributed by atoms with E-state index in [4.69, 9.17) is 16.3 Å². The van der Waals surface area contributed by atoms with Gasteiger partial charge in [-0.2, -0.15) is 0 Å². The molecule has 1 saturated carbocycles. The van der Waals surface area contributed by atoms with Crippen molar-refractivity contribution in [2.45, 2.75) is 44.3 Å². The summed E-state index contributed by atoms with van der Waals surface area (Å²) >= 11 is 8.25. The van der Waals surface area contributed by atoms with Crippen molar-refractivity contribution in [2.75, 3.05) is 26.5 Å². The second kappa shape index (κ2) is 11.7. The highest BCUT2D eigenvalue weighted by Gasteiger charge is 2.32. The number of carbonyl (C=O) groups excluding carboxylic acids is 1. The predicted molar refractivity (Wildman–Crippen MR) is 155 cm³/mol. The zero-order valence-electron chi connectivity index (χ0n) is 21.8. The molecule has 2 aromatic carbocycles. The van der Waals surface area contributed by atoms with Crippen molar-refractivity contribution in [3.8, 4) is 16.9 Å². The summed E-state index contributed by atoms with van der Waals surface area (Å²) in [6, 6.07) is 14.5. The van der Waals surface area contributed by atoms with Crippen LogP contribution in [0.1, 0.15) is 40.9 Å². The molecule has 2 aromatic heterocycles. The first-order chi connectivity index (χ1) is 18.5. The van der Waals surface area contributed by atoms with Crippen molar-refractivity contribution >= 4 is 44.9 Å². The lowest BCUT2D eigenvalue weighted by atomic mass is 9.89. The van der Waals surface area contributed by atoms with E-state index in [0.29, 0.717) is 28.4 Å². The van der Waals surface area contributed by atoms with Crippen LogP contribution < -0.4 is 15.4 Å². The van der Waals surface area contributed by atoms with Gasteiger partial charge in [0.05, 0.1) is 12.1 Å². The SMILES string of the molecule is CNc1ncc(-c2ccc(OC)c(CN(C(=O)c3sc4ccccc4c3Cl)[C@H]3CC[C@@H](NC)CC3)c2)cn1. The van der Waals surface area contributed by atoms with Gasteiger partial charge in [0.2, 0.25) is 5.95 Å². The first-order valence-electron chi connectivity index (χ1n) is 12.8. The highest BCUT2D eigenvalue weighted by molar-refractivity contribution is 7.21. The van der Waals surface area contributed by atoms with Gasteiger partial charge in [-0.15, -0.1) is 11.3 Å². The molecule has 1 amide bonds. The Morgan fingerprint density at radius 1 is 1.08 bits per heavy atom. The van der Waals surface area contributed by atoms with E-state index in [2.05, 4.69) is 26.7 Å². The molecular formula is C29H32ClN5O2S. The number of methoxy groups -OCH3 is 1. The summed E-state index contributed by atoms with van der Waals surface area (Å²) in [5.41, 5.74) is 2.80. The molecule has 5 rings (SSSR count). The van der Waals surface area contributed by atoms with E-state index in [1.54, 1.807) is 26.6 Å². The average molecular weight is 550 g/mol. The van der Waals surface area contributed by atoms with E-state index in [1.165, 1.54) is 11.3 Å². The van der Waals surface area contributed by atoms with E-state index < -0.39 is 0 Å². The summed E-state index contributed by atoms with van der Waals surface area (Å²) in [5.74, 6) is 1.28. The molecule has 0 saturated heterocycles. The maximum Gasteiger partial charge on any atom is 0.266 e. The van der Waals surface area contributed by atoms with Crippen molar-refractivity contribution in [1.29, 1.82) is 0 Å². The lowest BCUT2D eigenvalue weighted by Gasteiger charge is -2.37. The van der Waals surface area contributed by atoms with Gasteiger partial charge in [0, 0.05) is 59.3 Å². The molecular weight excluding hydrogens is 518 g/mol. The molecule has 0 bridgehead atoms. The van der Waals surface area contributed by atoms with Gasteiger partial charge in [-0.25, -0.2) is 9.97 Å². The van der Waals surface area contributed by atoms with Crippen molar-refractivity contribution in [1.82, 2.24) is 20.2 Å². The predicted octanol–water partition coefficient (Wildman–Crippen LogP) is 6.24. The van der Waals surface area contributed by atoms with E-state index in [-0.39, 0.29) is 11.9 Å². The van der Waals surface area contributed by atoms with Crippen LogP contribution in [0.15, 0.2) is 54.9 Å². The molecule has 0 atom stereocenters. The number of halogens is 1. The number of benzene rings is 2. The molecule has 1 aliphatic rings. The van der Waals surface area contributed by atoms with E-state index >= 15 is 0 Å². The van der Waals surface area contributed by atoms with Crippen LogP contribution in [-0.2, 0) is 6.54 Å². The zero-order chi connectivity index (χ0) is 26.6. The molecule has 2 N–H and O–H groups in total. The van der Waals surface area contributed by atoms with Gasteiger partial charge < -0.3 is 20.3 Å². The molecule has 9 heteroatoms. The zero-order valence-corrected chi connectivity index (χ0v) is 23.4. The molecule has 0 spiro atoms. The number of thiophene rings is 1. The number of amides is 1. The molecule has 0 aliphatic heterocycles. The Morgan fingerprint density at radius 2 is 1.82 bits per heavy atom. The number of nitrogens with one attached hydrogen (secondary N) is 2. The molecule has 4 aromatic rings. The van der Waals surface area contributed by atoms with Crippen molar-refractivity contribution in [2.24, 2.45) is 0 Å². The Bertz CT molecular complexity index is 1420. The van der Waals surface area contributed by atoms with Gasteiger partial charge in [-0.05, 0) is 56.5 Å². The van der Waals surface area contributed by atoms with Crippen LogP contribution >= 0.6 is 22.9 Å². The van der Waals surface area contributed by atoms with Gasteiger partial charge in [-0.1, -0.05) is 35.9 Å². The molecule has 1 fully saturated rings. The molecule has 198 valence electrons. The highest BCUT2D eigenvalue weighted by Crippen LogP contribution is 2.38. The van der Waals surface area contributed by atoms with E-state index in [0.717, 1.165) is 58.2 Å². The lowest BCUT2D eigenvalue weighted by Crippen LogP contribution is -2.44. The molecule has 2 heterocycles. The first-order valence-corrected chi connectivity index (χ1v) is 14.0. The number of hydrogen-bond donors (Lipinski definition) is 2. The smallest absolute Gasteiger partial charge is 0.266 e. The minimum absolute atomic E-state index is 0.0294. The summed E-state index contributed by atoms with van der Waals surface area (Å²) in [5, 5.41) is 7.80. The Kier molecular flexibility index (Phi) is 8.12. The van der Waals surface area contributed by atoms with Gasteiger partial charge in [-0.3, -0.25) is 4.79 Å². The molecule has 0 radical (unpaired) electrons. The second-order valence-corrected chi connectivity index (χ2v) is 11.0. The number of rotatable bonds is 8. The van der Waals surface area contributed by atoms with E-state index in [1.807, 2.05) is 48.3 Å². The minimum Gasteiger partial charge on any atom is -0.496 e. The largest absolute Gasteiger partial charge is 0.496 e. The topological polar surface area (TPSA) is 79.4 Å². The number of nitrogens with zero attached hydrogens (tertiary/aromatic N) is 3. The van der Waals surface area contributed by atoms with Crippen molar-refractivity contribution in [3.05, 3.63) is 70.3 Å². The third kappa shape index (κ3) is 5.34. The van der Waals surface area contributed by atoms with Crippen LogP contribution in [0, 0.1) is 0 Å². The summed E-state index contributed by atoms with van der Waals surface area (Å²) < 4.78 is 6.76. The van der Waals surface area contributed by atoms with Crippen LogP contribution in [-0.4, -0.2) is 54.1 Å². The Balaban J connectivity index is 1.51. The summed E-state index contributed by atoms with van der Waals surface area (Å²) in [6.07, 6.45) is 7.50. The van der Waals surface area contributed by atoms with Crippen LogP contribution in [0.25, 0.3) is 21.2 Å². The fourth-order valence-corrected chi connectivity index (χ4v) is 6.66. The van der Waals surface area contributed by atoms with Crippen molar-refractivity contribution < 1.29 is 9.53 Å². The number of anilines is 1. The first kappa shape index (κ1) is 26.4. The molecule has 7 nitrogen and oxygen atoms in total. The Labute approximate surface area is 232 Å². The summed E-state index contributed by atoms with van der Waals surface area (Å²) in [7, 11) is 5.46. The Morgan fingerprint density at radius 3 is 2.47 bits per heavy atom. The molecule has 0 unspecified atom stereocenters. The van der Waals surface area contributed by atoms with Gasteiger partial charge in [0.15, 0.2) is 0 Å². The third-order valence-corrected chi connectivity index (χ3v) is 9.03. The standard InChI is InChI=1S/C29H32ClN5O2S/c1-31-21-9-11-22(12-10-21)35(28(36)27-26(30)23-6-4-5-7-25(23)38-27)17-19-14-18(8-13-24(19)37-3)20-15-33-29(32-2)34-16-20/h4-8,13-16,21-22,31H,9-12,17H2,1-3H3,(H,32,33,34)/t21-,22+. The van der Waals surface area contributed by atoms with Crippen molar-refractivity contribution in [3.63, 3.8) is 0 Å². The van der Waals surface area contributed by atoms with Crippen LogP contribution in [0.5, 0.6) is 5.75 Å². The number of carbonyl (C=O) groups is 1. The number of hydrogen-bond acceptors (Lipinski definition) is 7. The monoisotopic (exact) mass is 549 g/mol. The van der Waals surface area contributed by atoms with Crippen LogP contribution in [0.4, 0.5) is 5.95 Å². The maximum atomic E-state index is 14.2. The Hall–Kier alpha value is -3.20. The number of aromatic nitrogens is 2. The van der Waals surface area contributed by atoms with Gasteiger partial charge >= 0.3 is 0 Å². The normalized spacial score (nSPS) is 17.4. The van der Waals surface area contributed by atoms with Gasteiger partial charge in [0.25, 0.3) is 5.91 Å². The quantitative estimate of drug-likeness (QED) is 0.271. The average Bonchev–Trinajstić information content (AvgIpc) is 3.32. The fourth-order valence-electron chi connectivity index (χ4n) is 5.20. The summed E-state index contributed by atoms with van der Waals surface area (Å²) in [4.78, 5) is 25.5. The third-order valence-electron chi connectivity index (χ3n) is 7.37. The number of fused-ring (bicyclic) bond motifs is 1. The molecule has 38 heavy (non-hydrogen) atoms. The molecule has 1 aliphatic carbocycles. The fraction of sp³-hybridized carbons (Fsp3) is 0.345.